The van der Waals surface area contributed by atoms with Crippen molar-refractivity contribution in [1.29, 1.82) is 0 Å². The second kappa shape index (κ2) is 5.72. The zero-order valence-corrected chi connectivity index (χ0v) is 12.2. The number of nitrogens with zero attached hydrogens (tertiary/aromatic N) is 3. The van der Waals surface area contributed by atoms with Crippen molar-refractivity contribution in [2.75, 3.05) is 0 Å². The minimum atomic E-state index is -4.74. The van der Waals surface area contributed by atoms with Crippen LogP contribution in [-0.2, 0) is 5.72 Å². The zero-order valence-electron chi connectivity index (χ0n) is 12.2. The van der Waals surface area contributed by atoms with Gasteiger partial charge in [-0.25, -0.2) is 0 Å². The molecule has 0 saturated carbocycles. The molecule has 1 atom stereocenters. The van der Waals surface area contributed by atoms with E-state index in [4.69, 9.17) is 0 Å². The number of hydrogen-bond acceptors (Lipinski definition) is 4. The molecule has 0 saturated heterocycles. The Kier molecular flexibility index (Phi) is 3.84. The quantitative estimate of drug-likeness (QED) is 0.918. The maximum atomic E-state index is 13.1. The molecule has 0 bridgehead atoms. The molecule has 24 heavy (non-hydrogen) atoms. The third-order valence-electron chi connectivity index (χ3n) is 3.67. The minimum absolute atomic E-state index is 0.0755. The summed E-state index contributed by atoms with van der Waals surface area (Å²) in [5.41, 5.74) is -3.19. The largest absolute Gasteiger partial charge is 0.431 e. The van der Waals surface area contributed by atoms with Crippen molar-refractivity contribution in [2.24, 2.45) is 5.10 Å². The van der Waals surface area contributed by atoms with Crippen LogP contribution < -0.4 is 0 Å². The molecule has 2 heterocycles. The average molecular weight is 335 g/mol. The van der Waals surface area contributed by atoms with Gasteiger partial charge in [-0.2, -0.15) is 23.3 Å². The van der Waals surface area contributed by atoms with Crippen LogP contribution in [0.5, 0.6) is 0 Å². The van der Waals surface area contributed by atoms with Crippen LogP contribution in [0.25, 0.3) is 0 Å². The van der Waals surface area contributed by atoms with E-state index in [1.807, 2.05) is 0 Å². The van der Waals surface area contributed by atoms with Gasteiger partial charge in [-0.3, -0.25) is 9.78 Å². The number of carbonyl (C=O) groups excluding carboxylic acids is 1. The number of hydrogen-bond donors (Lipinski definition) is 1. The highest BCUT2D eigenvalue weighted by Gasteiger charge is 2.53. The Morgan fingerprint density at radius 3 is 2.33 bits per heavy atom. The van der Waals surface area contributed by atoms with Crippen molar-refractivity contribution in [2.45, 2.75) is 18.3 Å². The first-order valence-corrected chi connectivity index (χ1v) is 6.99. The monoisotopic (exact) mass is 335 g/mol. The Morgan fingerprint density at radius 2 is 1.75 bits per heavy atom. The molecule has 2 aromatic rings. The third-order valence-corrected chi connectivity index (χ3v) is 3.67. The molecule has 5 nitrogen and oxygen atoms in total. The number of aliphatic hydroxyl groups is 1. The second-order valence-corrected chi connectivity index (χ2v) is 5.26. The van der Waals surface area contributed by atoms with Gasteiger partial charge in [0.1, 0.15) is 5.71 Å². The summed E-state index contributed by atoms with van der Waals surface area (Å²) in [6, 6.07) is 10.4. The summed E-state index contributed by atoms with van der Waals surface area (Å²) in [5.74, 6) is -0.844. The van der Waals surface area contributed by atoms with Gasteiger partial charge in [0.2, 0.25) is 0 Å². The van der Waals surface area contributed by atoms with Gasteiger partial charge < -0.3 is 5.11 Å². The van der Waals surface area contributed by atoms with Crippen LogP contribution in [0.15, 0.2) is 60.0 Å². The molecule has 3 rings (SSSR count). The average Bonchev–Trinajstić information content (AvgIpc) is 2.95. The fourth-order valence-electron chi connectivity index (χ4n) is 2.46. The van der Waals surface area contributed by atoms with Gasteiger partial charge in [0.05, 0.1) is 6.42 Å². The first kappa shape index (κ1) is 16.1. The van der Waals surface area contributed by atoms with Gasteiger partial charge >= 0.3 is 6.18 Å². The number of rotatable bonds is 2. The van der Waals surface area contributed by atoms with Gasteiger partial charge in [0, 0.05) is 23.5 Å². The van der Waals surface area contributed by atoms with E-state index in [9.17, 15) is 23.1 Å². The van der Waals surface area contributed by atoms with Crippen LogP contribution in [0.1, 0.15) is 22.3 Å². The van der Waals surface area contributed by atoms with Gasteiger partial charge in [-0.15, -0.1) is 0 Å². The molecule has 124 valence electrons. The molecule has 1 unspecified atom stereocenters. The molecule has 0 spiro atoms. The molecular formula is C16H12F3N3O2. The number of benzene rings is 1. The summed E-state index contributed by atoms with van der Waals surface area (Å²) in [6.07, 6.45) is -2.91. The molecule has 0 radical (unpaired) electrons. The lowest BCUT2D eigenvalue weighted by atomic mass is 9.96. The molecule has 1 aromatic heterocycles. The summed E-state index contributed by atoms with van der Waals surface area (Å²) in [6.45, 7) is 0. The van der Waals surface area contributed by atoms with Gasteiger partial charge in [0.15, 0.2) is 5.72 Å². The standard InChI is InChI=1S/C16H12F3N3O2/c17-16(18,19)13-10-15(24,12-4-2-1-3-5-12)22(21-13)14(23)11-6-8-20-9-7-11/h1-9,24H,10H2. The van der Waals surface area contributed by atoms with E-state index in [0.29, 0.717) is 5.01 Å². The summed E-state index contributed by atoms with van der Waals surface area (Å²) >= 11 is 0. The highest BCUT2D eigenvalue weighted by molar-refractivity contribution is 5.99. The van der Waals surface area contributed by atoms with Gasteiger partial charge in [-0.1, -0.05) is 30.3 Å². The normalized spacial score (nSPS) is 20.8. The Labute approximate surface area is 135 Å². The maximum absolute atomic E-state index is 13.1. The summed E-state index contributed by atoms with van der Waals surface area (Å²) in [5, 5.41) is 14.7. The van der Waals surface area contributed by atoms with E-state index in [-0.39, 0.29) is 11.1 Å². The molecule has 1 amide bonds. The summed E-state index contributed by atoms with van der Waals surface area (Å²) in [4.78, 5) is 16.3. The smallest absolute Gasteiger partial charge is 0.365 e. The van der Waals surface area contributed by atoms with E-state index in [2.05, 4.69) is 10.1 Å². The topological polar surface area (TPSA) is 65.8 Å². The number of halogens is 3. The molecule has 8 heteroatoms. The number of aromatic nitrogens is 1. The Bertz CT molecular complexity index is 778. The van der Waals surface area contributed by atoms with Crippen molar-refractivity contribution in [3.05, 3.63) is 66.0 Å². The van der Waals surface area contributed by atoms with Crippen LogP contribution in [0.2, 0.25) is 0 Å². The highest BCUT2D eigenvalue weighted by Crippen LogP contribution is 2.40. The lowest BCUT2D eigenvalue weighted by Gasteiger charge is -2.31. The summed E-state index contributed by atoms with van der Waals surface area (Å²) in [7, 11) is 0. The number of pyridine rings is 1. The second-order valence-electron chi connectivity index (χ2n) is 5.26. The molecule has 1 N–H and O–H groups in total. The third kappa shape index (κ3) is 2.76. The first-order valence-electron chi connectivity index (χ1n) is 6.99. The molecule has 1 aromatic carbocycles. The van der Waals surface area contributed by atoms with Crippen molar-refractivity contribution in [3.8, 4) is 0 Å². The molecular weight excluding hydrogens is 323 g/mol. The first-order chi connectivity index (χ1) is 11.3. The fraction of sp³-hybridized carbons (Fsp3) is 0.188. The lowest BCUT2D eigenvalue weighted by Crippen LogP contribution is -2.43. The number of carbonyl (C=O) groups is 1. The van der Waals surface area contributed by atoms with Gasteiger partial charge in [0.25, 0.3) is 5.91 Å². The highest BCUT2D eigenvalue weighted by atomic mass is 19.4. The van der Waals surface area contributed by atoms with Crippen LogP contribution in [0.4, 0.5) is 13.2 Å². The van der Waals surface area contributed by atoms with Crippen molar-refractivity contribution < 1.29 is 23.1 Å². The Balaban J connectivity index is 2.07. The van der Waals surface area contributed by atoms with E-state index in [1.54, 1.807) is 18.2 Å². The van der Waals surface area contributed by atoms with Crippen LogP contribution >= 0.6 is 0 Å². The van der Waals surface area contributed by atoms with Crippen LogP contribution in [0, 0.1) is 0 Å². The number of hydrazone groups is 1. The predicted octanol–water partition coefficient (Wildman–Crippen LogP) is 2.69. The van der Waals surface area contributed by atoms with Crippen LogP contribution in [-0.4, -0.2) is 32.9 Å². The molecule has 1 aliphatic heterocycles. The van der Waals surface area contributed by atoms with Crippen molar-refractivity contribution in [1.82, 2.24) is 9.99 Å². The van der Waals surface area contributed by atoms with E-state index in [0.717, 1.165) is 0 Å². The van der Waals surface area contributed by atoms with Crippen molar-refractivity contribution >= 4 is 11.6 Å². The maximum Gasteiger partial charge on any atom is 0.431 e. The predicted molar refractivity (Wildman–Crippen MR) is 78.9 cm³/mol. The number of amides is 1. The Morgan fingerprint density at radius 1 is 1.12 bits per heavy atom. The minimum Gasteiger partial charge on any atom is -0.365 e. The SMILES string of the molecule is O=C(c1ccncc1)N1N=C(C(F)(F)F)CC1(O)c1ccccc1. The number of alkyl halides is 3. The molecule has 0 aliphatic carbocycles. The van der Waals surface area contributed by atoms with Gasteiger partial charge in [-0.05, 0) is 12.1 Å². The van der Waals surface area contributed by atoms with E-state index in [1.165, 1.54) is 36.7 Å². The lowest BCUT2D eigenvalue weighted by molar-refractivity contribution is -0.0816. The molecule has 1 aliphatic rings. The van der Waals surface area contributed by atoms with E-state index < -0.39 is 29.9 Å². The van der Waals surface area contributed by atoms with Crippen LogP contribution in [0.3, 0.4) is 0 Å². The van der Waals surface area contributed by atoms with Crippen molar-refractivity contribution in [3.63, 3.8) is 0 Å². The Hall–Kier alpha value is -2.74. The summed E-state index contributed by atoms with van der Waals surface area (Å²) < 4.78 is 39.2. The fourth-order valence-corrected chi connectivity index (χ4v) is 2.46. The molecule has 0 fully saturated rings. The van der Waals surface area contributed by atoms with E-state index >= 15 is 0 Å². The zero-order chi connectivity index (χ0) is 17.4.